The maximum Gasteiger partial charge on any atom is 0.344 e. The Morgan fingerprint density at radius 1 is 0.800 bits per heavy atom. The zero-order valence-corrected chi connectivity index (χ0v) is 10.3. The van der Waals surface area contributed by atoms with E-state index in [1.165, 1.54) is 30.3 Å². The van der Waals surface area contributed by atoms with Gasteiger partial charge in [0, 0.05) is 17.1 Å². The molecule has 1 aromatic heterocycles. The Morgan fingerprint density at radius 2 is 1.45 bits per heavy atom. The third-order valence-electron chi connectivity index (χ3n) is 3.05. The van der Waals surface area contributed by atoms with E-state index >= 15 is 0 Å². The summed E-state index contributed by atoms with van der Waals surface area (Å²) in [6, 6.07) is 10.3. The van der Waals surface area contributed by atoms with Crippen molar-refractivity contribution in [2.75, 3.05) is 5.73 Å². The zero-order chi connectivity index (χ0) is 14.3. The fourth-order valence-corrected chi connectivity index (χ4v) is 2.07. The monoisotopic (exact) mass is 267 g/mol. The van der Waals surface area contributed by atoms with E-state index in [2.05, 4.69) is 0 Å². The van der Waals surface area contributed by atoms with Gasteiger partial charge in [-0.15, -0.1) is 0 Å². The molecule has 0 aliphatic rings. The minimum absolute atomic E-state index is 0.00264. The second-order valence-corrected chi connectivity index (χ2v) is 4.35. The SMILES string of the molecule is Nc1ccc2c(=O)c(=O)c3ccccc3c(=O)oc2c1. The fraction of sp³-hybridized carbons (Fsp3) is 0. The first-order chi connectivity index (χ1) is 9.58. The number of rotatable bonds is 0. The minimum atomic E-state index is -0.733. The molecule has 5 nitrogen and oxygen atoms in total. The highest BCUT2D eigenvalue weighted by Gasteiger charge is 2.08. The summed E-state index contributed by atoms with van der Waals surface area (Å²) in [5.41, 5.74) is 3.80. The van der Waals surface area contributed by atoms with E-state index in [-0.39, 0.29) is 21.7 Å². The summed E-state index contributed by atoms with van der Waals surface area (Å²) in [5.74, 6) is 0. The Morgan fingerprint density at radius 3 is 2.20 bits per heavy atom. The first-order valence-corrected chi connectivity index (χ1v) is 5.87. The van der Waals surface area contributed by atoms with Crippen molar-refractivity contribution in [1.29, 1.82) is 0 Å². The molecule has 3 aromatic rings. The number of nitrogens with two attached hydrogens (primary N) is 1. The molecule has 0 amide bonds. The van der Waals surface area contributed by atoms with E-state index in [1.807, 2.05) is 0 Å². The summed E-state index contributed by atoms with van der Waals surface area (Å²) in [7, 11) is 0. The molecule has 0 spiro atoms. The van der Waals surface area contributed by atoms with Gasteiger partial charge in [0.15, 0.2) is 0 Å². The lowest BCUT2D eigenvalue weighted by Gasteiger charge is -1.96. The summed E-state index contributed by atoms with van der Waals surface area (Å²) in [6.07, 6.45) is 0. The Kier molecular flexibility index (Phi) is 2.61. The van der Waals surface area contributed by atoms with Gasteiger partial charge in [-0.3, -0.25) is 9.59 Å². The van der Waals surface area contributed by atoms with Gasteiger partial charge >= 0.3 is 5.63 Å². The first-order valence-electron chi connectivity index (χ1n) is 5.87. The summed E-state index contributed by atoms with van der Waals surface area (Å²) in [4.78, 5) is 36.4. The van der Waals surface area contributed by atoms with E-state index in [0.717, 1.165) is 0 Å². The van der Waals surface area contributed by atoms with Crippen molar-refractivity contribution in [2.24, 2.45) is 0 Å². The van der Waals surface area contributed by atoms with E-state index in [1.54, 1.807) is 12.1 Å². The van der Waals surface area contributed by atoms with Gasteiger partial charge in [-0.2, -0.15) is 0 Å². The lowest BCUT2D eigenvalue weighted by Crippen LogP contribution is -2.23. The maximum absolute atomic E-state index is 12.2. The Labute approximate surface area is 111 Å². The van der Waals surface area contributed by atoms with Gasteiger partial charge in [0.05, 0.1) is 10.8 Å². The molecule has 0 fully saturated rings. The van der Waals surface area contributed by atoms with Crippen molar-refractivity contribution >= 4 is 27.4 Å². The van der Waals surface area contributed by atoms with Crippen molar-refractivity contribution < 1.29 is 4.42 Å². The normalized spacial score (nSPS) is 10.8. The number of benzene rings is 2. The van der Waals surface area contributed by atoms with Crippen LogP contribution < -0.4 is 22.2 Å². The Balaban J connectivity index is 2.76. The molecule has 0 saturated carbocycles. The topological polar surface area (TPSA) is 90.4 Å². The predicted octanol–water partition coefficient (Wildman–Crippen LogP) is 1.25. The van der Waals surface area contributed by atoms with Crippen molar-refractivity contribution in [1.82, 2.24) is 0 Å². The van der Waals surface area contributed by atoms with Crippen LogP contribution in [0.15, 0.2) is 61.3 Å². The van der Waals surface area contributed by atoms with Crippen LogP contribution in [0.4, 0.5) is 5.69 Å². The van der Waals surface area contributed by atoms with Gasteiger partial charge in [0.2, 0.25) is 10.9 Å². The van der Waals surface area contributed by atoms with E-state index in [0.29, 0.717) is 5.69 Å². The van der Waals surface area contributed by atoms with E-state index < -0.39 is 16.5 Å². The molecule has 0 radical (unpaired) electrons. The van der Waals surface area contributed by atoms with Crippen LogP contribution in [0.1, 0.15) is 0 Å². The smallest absolute Gasteiger partial charge is 0.344 e. The number of hydrogen-bond donors (Lipinski definition) is 1. The lowest BCUT2D eigenvalue weighted by atomic mass is 10.1. The quantitative estimate of drug-likeness (QED) is 0.489. The highest BCUT2D eigenvalue weighted by atomic mass is 16.4. The molecule has 0 bridgehead atoms. The molecule has 98 valence electrons. The molecular formula is C15H9NO4. The van der Waals surface area contributed by atoms with Crippen molar-refractivity contribution in [2.45, 2.75) is 0 Å². The van der Waals surface area contributed by atoms with Gasteiger partial charge in [-0.1, -0.05) is 18.2 Å². The second kappa shape index (κ2) is 4.31. The summed E-state index contributed by atoms with van der Waals surface area (Å²) in [6.45, 7) is 0. The summed E-state index contributed by atoms with van der Waals surface area (Å²) >= 11 is 0. The molecule has 3 rings (SSSR count). The van der Waals surface area contributed by atoms with Crippen LogP contribution in [-0.4, -0.2) is 0 Å². The number of fused-ring (bicyclic) bond motifs is 2. The van der Waals surface area contributed by atoms with Crippen LogP contribution >= 0.6 is 0 Å². The molecule has 5 heteroatoms. The second-order valence-electron chi connectivity index (χ2n) is 4.35. The van der Waals surface area contributed by atoms with Crippen LogP contribution in [0, 0.1) is 0 Å². The minimum Gasteiger partial charge on any atom is -0.422 e. The molecule has 2 aromatic carbocycles. The van der Waals surface area contributed by atoms with Crippen molar-refractivity contribution in [3.8, 4) is 0 Å². The first kappa shape index (κ1) is 12.1. The number of hydrogen-bond acceptors (Lipinski definition) is 5. The predicted molar refractivity (Wildman–Crippen MR) is 76.9 cm³/mol. The Bertz CT molecular complexity index is 1020. The molecule has 0 saturated heterocycles. The largest absolute Gasteiger partial charge is 0.422 e. The van der Waals surface area contributed by atoms with Crippen molar-refractivity contribution in [3.05, 3.63) is 73.3 Å². The fourth-order valence-electron chi connectivity index (χ4n) is 2.07. The molecule has 0 atom stereocenters. The molecule has 0 aliphatic carbocycles. The number of nitrogen functional groups attached to an aromatic ring is 1. The highest BCUT2D eigenvalue weighted by Crippen LogP contribution is 2.12. The standard InChI is InChI=1S/C15H9NO4/c16-8-5-6-11-12(7-8)20-15(19)10-4-2-1-3-9(10)13(17)14(11)18/h1-7H,16H2. The molecule has 20 heavy (non-hydrogen) atoms. The third kappa shape index (κ3) is 1.76. The van der Waals surface area contributed by atoms with Gasteiger partial charge in [0.25, 0.3) is 0 Å². The van der Waals surface area contributed by atoms with Crippen LogP contribution in [0.3, 0.4) is 0 Å². The number of anilines is 1. The van der Waals surface area contributed by atoms with E-state index in [9.17, 15) is 14.4 Å². The molecule has 0 aliphatic heterocycles. The van der Waals surface area contributed by atoms with Gasteiger partial charge in [-0.05, 0) is 18.2 Å². The zero-order valence-electron chi connectivity index (χ0n) is 10.3. The van der Waals surface area contributed by atoms with Gasteiger partial charge in [0.1, 0.15) is 5.58 Å². The van der Waals surface area contributed by atoms with Crippen molar-refractivity contribution in [3.63, 3.8) is 0 Å². The van der Waals surface area contributed by atoms with E-state index in [4.69, 9.17) is 10.2 Å². The lowest BCUT2D eigenvalue weighted by molar-refractivity contribution is 0.571. The van der Waals surface area contributed by atoms with Crippen LogP contribution in [0.25, 0.3) is 21.7 Å². The molecule has 2 N–H and O–H groups in total. The van der Waals surface area contributed by atoms with Crippen LogP contribution in [0.2, 0.25) is 0 Å². The average molecular weight is 267 g/mol. The van der Waals surface area contributed by atoms with Crippen LogP contribution in [0.5, 0.6) is 0 Å². The Hall–Kier alpha value is -2.95. The molecular weight excluding hydrogens is 258 g/mol. The summed E-state index contributed by atoms with van der Waals surface area (Å²) < 4.78 is 5.17. The highest BCUT2D eigenvalue weighted by molar-refractivity contribution is 5.84. The summed E-state index contributed by atoms with van der Waals surface area (Å²) in [5, 5.41) is 0.149. The third-order valence-corrected chi connectivity index (χ3v) is 3.05. The molecule has 0 unspecified atom stereocenters. The van der Waals surface area contributed by atoms with Gasteiger partial charge in [-0.25, -0.2) is 4.79 Å². The average Bonchev–Trinajstić information content (AvgIpc) is 2.45. The maximum atomic E-state index is 12.2. The van der Waals surface area contributed by atoms with Crippen LogP contribution in [-0.2, 0) is 0 Å². The van der Waals surface area contributed by atoms with Gasteiger partial charge < -0.3 is 10.2 Å². The molecule has 1 heterocycles.